The van der Waals surface area contributed by atoms with Crippen molar-refractivity contribution in [3.63, 3.8) is 0 Å². The van der Waals surface area contributed by atoms with Crippen LogP contribution in [0.25, 0.3) is 0 Å². The summed E-state index contributed by atoms with van der Waals surface area (Å²) in [5.74, 6) is 0. The second kappa shape index (κ2) is 18.7. The van der Waals surface area contributed by atoms with Crippen molar-refractivity contribution in [2.75, 3.05) is 110 Å². The Morgan fingerprint density at radius 1 is 0.229 bits per heavy atom. The van der Waals surface area contributed by atoms with Crippen molar-refractivity contribution < 1.29 is 75.8 Å². The van der Waals surface area contributed by atoms with Gasteiger partial charge in [0, 0.05) is 56.9 Å². The molecule has 0 saturated carbocycles. The van der Waals surface area contributed by atoms with E-state index >= 15 is 0 Å². The third kappa shape index (κ3) is 8.36. The molecule has 8 fully saturated rings. The maximum Gasteiger partial charge on any atom is 0.115 e. The lowest BCUT2D eigenvalue weighted by Crippen LogP contribution is -2.32. The molecule has 0 amide bonds. The number of fused-ring (bicyclic) bond motifs is 4. The summed E-state index contributed by atoms with van der Waals surface area (Å²) in [6.45, 7) is 4.93. The molecule has 280 valence electrons. The molecule has 0 N–H and O–H groups in total. The molecule has 0 aromatic heterocycles. The molecule has 48 heavy (non-hydrogen) atoms. The lowest BCUT2D eigenvalue weighted by atomic mass is 10.1. The summed E-state index contributed by atoms with van der Waals surface area (Å²) >= 11 is 0. The van der Waals surface area contributed by atoms with E-state index in [-0.39, 0.29) is 97.7 Å². The van der Waals surface area contributed by atoms with Crippen LogP contribution in [-0.2, 0) is 75.8 Å². The molecule has 0 radical (unpaired) electrons. The van der Waals surface area contributed by atoms with Gasteiger partial charge in [-0.1, -0.05) is 0 Å². The Balaban J connectivity index is 0.000000125. The molecule has 8 heterocycles. The predicted octanol–water partition coefficient (Wildman–Crippen LogP) is -0.744. The zero-order chi connectivity index (χ0) is 34.2. The quantitative estimate of drug-likeness (QED) is 0.313. The summed E-state index contributed by atoms with van der Waals surface area (Å²) in [6, 6.07) is 0. The van der Waals surface area contributed by atoms with Crippen molar-refractivity contribution in [2.45, 2.75) is 97.7 Å². The van der Waals surface area contributed by atoms with Crippen molar-refractivity contribution in [3.05, 3.63) is 0 Å². The highest BCUT2D eigenvalue weighted by Crippen LogP contribution is 2.32. The average Bonchev–Trinajstić information content (AvgIpc) is 3.95. The van der Waals surface area contributed by atoms with Gasteiger partial charge in [-0.3, -0.25) is 0 Å². The van der Waals surface area contributed by atoms with Gasteiger partial charge in [0.1, 0.15) is 97.7 Å². The molecule has 0 aromatic carbocycles. The van der Waals surface area contributed by atoms with Crippen LogP contribution in [-0.4, -0.2) is 207 Å². The number of rotatable bonds is 8. The molecular weight excluding hydrogens is 640 g/mol. The van der Waals surface area contributed by atoms with Crippen LogP contribution in [0.1, 0.15) is 0 Å². The summed E-state index contributed by atoms with van der Waals surface area (Å²) in [5, 5.41) is 0. The summed E-state index contributed by atoms with van der Waals surface area (Å²) in [7, 11) is 13.4. The number of methoxy groups -OCH3 is 8. The molecule has 8 aliphatic rings. The van der Waals surface area contributed by atoms with Crippen LogP contribution in [0.15, 0.2) is 0 Å². The first kappa shape index (κ1) is 38.6. The summed E-state index contributed by atoms with van der Waals surface area (Å²) in [4.78, 5) is 0. The van der Waals surface area contributed by atoms with Gasteiger partial charge in [-0.15, -0.1) is 0 Å². The minimum Gasteiger partial charge on any atom is -0.376 e. The third-order valence-corrected chi connectivity index (χ3v) is 10.3. The van der Waals surface area contributed by atoms with Gasteiger partial charge in [0.05, 0.1) is 52.9 Å². The Bertz CT molecular complexity index is 717. The topological polar surface area (TPSA) is 148 Å². The van der Waals surface area contributed by atoms with Crippen LogP contribution in [0.4, 0.5) is 0 Å². The second-order valence-electron chi connectivity index (χ2n) is 12.6. The normalized spacial score (nSPS) is 46.5. The highest BCUT2D eigenvalue weighted by Gasteiger charge is 2.50. The molecule has 16 heteroatoms. The maximum atomic E-state index is 5.51. The van der Waals surface area contributed by atoms with E-state index in [0.717, 1.165) is 0 Å². The minimum absolute atomic E-state index is 0.0694. The predicted molar refractivity (Wildman–Crippen MR) is 164 cm³/mol. The van der Waals surface area contributed by atoms with Crippen LogP contribution >= 0.6 is 0 Å². The molecule has 0 aromatic rings. The molecule has 8 rings (SSSR count). The van der Waals surface area contributed by atoms with Crippen molar-refractivity contribution in [2.24, 2.45) is 0 Å². The first-order chi connectivity index (χ1) is 23.5. The van der Waals surface area contributed by atoms with E-state index < -0.39 is 0 Å². The monoisotopic (exact) mass is 696 g/mol. The number of hydrogen-bond donors (Lipinski definition) is 0. The smallest absolute Gasteiger partial charge is 0.115 e. The largest absolute Gasteiger partial charge is 0.376 e. The van der Waals surface area contributed by atoms with E-state index in [9.17, 15) is 0 Å². The van der Waals surface area contributed by atoms with Crippen LogP contribution in [0, 0.1) is 0 Å². The standard InChI is InChI=1S/4C8H14O4/c4*1-9-5-3-11-8-6(10-2)4-12-7(5)8/h4*5-8H,3-4H2,1-2H3/t5-,6+,7-,8-;5-,6-,7+,8+;5-,6-,7-,8-;/m101./s1. The van der Waals surface area contributed by atoms with E-state index in [1.807, 2.05) is 0 Å². The Morgan fingerprint density at radius 3 is 0.417 bits per heavy atom. The van der Waals surface area contributed by atoms with E-state index in [4.69, 9.17) is 75.8 Å². The molecule has 0 aliphatic carbocycles. The Morgan fingerprint density at radius 2 is 0.333 bits per heavy atom. The third-order valence-electron chi connectivity index (χ3n) is 10.3. The van der Waals surface area contributed by atoms with Crippen molar-refractivity contribution in [1.29, 1.82) is 0 Å². The number of hydrogen-bond acceptors (Lipinski definition) is 16. The molecule has 4 unspecified atom stereocenters. The fourth-order valence-electron chi connectivity index (χ4n) is 7.33. The van der Waals surface area contributed by atoms with Gasteiger partial charge in [-0.05, 0) is 0 Å². The summed E-state index contributed by atoms with van der Waals surface area (Å²) in [5.41, 5.74) is 0. The maximum absolute atomic E-state index is 5.51. The second-order valence-corrected chi connectivity index (χ2v) is 12.6. The van der Waals surface area contributed by atoms with Crippen LogP contribution < -0.4 is 0 Å². The minimum atomic E-state index is 0.0694. The highest BCUT2D eigenvalue weighted by atomic mass is 16.7. The van der Waals surface area contributed by atoms with Gasteiger partial charge >= 0.3 is 0 Å². The first-order valence-electron chi connectivity index (χ1n) is 16.6. The van der Waals surface area contributed by atoms with Crippen LogP contribution in [0.5, 0.6) is 0 Å². The SMILES string of the molecule is COC1COC2C(OC)COC12.CO[C@@H]1CO[C@H]2[C@@H]1OC[C@H]2OC.CO[C@H]1CO[C@H]2[C@@H]1OC[C@@H]2OC.CO[C@H]1CO[C@H]2[C@@H]1OC[C@H]2OC. The van der Waals surface area contributed by atoms with Gasteiger partial charge < -0.3 is 75.8 Å². The average molecular weight is 697 g/mol. The molecule has 16 atom stereocenters. The lowest BCUT2D eigenvalue weighted by molar-refractivity contribution is -0.0267. The van der Waals surface area contributed by atoms with E-state index in [2.05, 4.69) is 0 Å². The Labute approximate surface area is 283 Å². The van der Waals surface area contributed by atoms with E-state index in [0.29, 0.717) is 52.9 Å². The van der Waals surface area contributed by atoms with Crippen molar-refractivity contribution in [1.82, 2.24) is 0 Å². The molecule has 8 saturated heterocycles. The van der Waals surface area contributed by atoms with Gasteiger partial charge in [0.25, 0.3) is 0 Å². The fraction of sp³-hybridized carbons (Fsp3) is 1.00. The lowest BCUT2D eigenvalue weighted by Gasteiger charge is -2.14. The Hall–Kier alpha value is -0.640. The van der Waals surface area contributed by atoms with Gasteiger partial charge in [-0.2, -0.15) is 0 Å². The van der Waals surface area contributed by atoms with E-state index in [1.165, 1.54) is 0 Å². The van der Waals surface area contributed by atoms with Gasteiger partial charge in [-0.25, -0.2) is 0 Å². The highest BCUT2D eigenvalue weighted by molar-refractivity contribution is 4.98. The molecule has 16 nitrogen and oxygen atoms in total. The molecule has 0 bridgehead atoms. The van der Waals surface area contributed by atoms with Gasteiger partial charge in [0.2, 0.25) is 0 Å². The van der Waals surface area contributed by atoms with Crippen molar-refractivity contribution in [3.8, 4) is 0 Å². The van der Waals surface area contributed by atoms with Crippen LogP contribution in [0.3, 0.4) is 0 Å². The molecular formula is C32H56O16. The number of ether oxygens (including phenoxy) is 16. The summed E-state index contributed by atoms with van der Waals surface area (Å²) < 4.78 is 85.8. The van der Waals surface area contributed by atoms with Crippen molar-refractivity contribution >= 4 is 0 Å². The summed E-state index contributed by atoms with van der Waals surface area (Å²) in [6.07, 6.45) is 1.19. The molecule has 0 spiro atoms. The zero-order valence-corrected chi connectivity index (χ0v) is 29.4. The Kier molecular flexibility index (Phi) is 15.1. The van der Waals surface area contributed by atoms with E-state index in [1.54, 1.807) is 56.9 Å². The van der Waals surface area contributed by atoms with Crippen LogP contribution in [0.2, 0.25) is 0 Å². The molecule has 8 aliphatic heterocycles. The zero-order valence-electron chi connectivity index (χ0n) is 29.4. The first-order valence-corrected chi connectivity index (χ1v) is 16.6. The van der Waals surface area contributed by atoms with Gasteiger partial charge in [0.15, 0.2) is 0 Å². The fourth-order valence-corrected chi connectivity index (χ4v) is 7.33.